The Hall–Kier alpha value is -5.22. The van der Waals surface area contributed by atoms with Crippen molar-refractivity contribution in [1.29, 1.82) is 0 Å². The normalized spacial score (nSPS) is 13.2. The van der Waals surface area contributed by atoms with E-state index in [4.69, 9.17) is 4.74 Å². The first-order valence-electron chi connectivity index (χ1n) is 13.8. The van der Waals surface area contributed by atoms with E-state index in [1.807, 2.05) is 0 Å². The molecule has 0 aliphatic carbocycles. The maximum absolute atomic E-state index is 7.03. The van der Waals surface area contributed by atoms with Gasteiger partial charge < -0.3 is 13.9 Å². The molecule has 8 aromatic rings. The number of rotatable bonds is 1. The average Bonchev–Trinajstić information content (AvgIpc) is 3.54. The van der Waals surface area contributed by atoms with Crippen molar-refractivity contribution in [3.8, 4) is 22.9 Å². The largest absolute Gasteiger partial charge is 0.456 e. The van der Waals surface area contributed by atoms with Crippen molar-refractivity contribution in [1.82, 2.24) is 9.13 Å². The lowest BCUT2D eigenvalue weighted by molar-refractivity contribution is 0.492. The third kappa shape index (κ3) is 2.39. The summed E-state index contributed by atoms with van der Waals surface area (Å²) >= 11 is 0. The minimum absolute atomic E-state index is 0.0853. The maximum Gasteiger partial charge on any atom is 0.256 e. The highest BCUT2D eigenvalue weighted by Gasteiger charge is 2.41. The van der Waals surface area contributed by atoms with Crippen LogP contribution in [-0.4, -0.2) is 15.8 Å². The van der Waals surface area contributed by atoms with Gasteiger partial charge in [0.15, 0.2) is 0 Å². The number of hydrogen-bond donors (Lipinski definition) is 0. The highest BCUT2D eigenvalue weighted by Crippen LogP contribution is 2.42. The van der Waals surface area contributed by atoms with Gasteiger partial charge in [0.05, 0.1) is 22.1 Å². The second kappa shape index (κ2) is 7.25. The van der Waals surface area contributed by atoms with E-state index in [1.54, 1.807) is 0 Å². The van der Waals surface area contributed by atoms with Gasteiger partial charge in [0.2, 0.25) is 0 Å². The molecule has 2 aliphatic rings. The van der Waals surface area contributed by atoms with Gasteiger partial charge in [-0.2, -0.15) is 0 Å². The van der Waals surface area contributed by atoms with Crippen molar-refractivity contribution in [2.75, 3.05) is 0 Å². The quantitative estimate of drug-likeness (QED) is 0.223. The molecule has 2 aromatic heterocycles. The molecule has 0 spiro atoms. The fourth-order valence-electron chi connectivity index (χ4n) is 7.43. The molecule has 4 heteroatoms. The predicted octanol–water partition coefficient (Wildman–Crippen LogP) is 6.82. The van der Waals surface area contributed by atoms with E-state index >= 15 is 0 Å². The lowest BCUT2D eigenvalue weighted by Crippen LogP contribution is -2.58. The van der Waals surface area contributed by atoms with Crippen molar-refractivity contribution < 1.29 is 4.74 Å². The zero-order valence-electron chi connectivity index (χ0n) is 21.5. The average molecular weight is 508 g/mol. The van der Waals surface area contributed by atoms with Crippen LogP contribution in [0.2, 0.25) is 0 Å². The summed E-state index contributed by atoms with van der Waals surface area (Å²) in [6.07, 6.45) is 0. The molecule has 0 amide bonds. The number of fused-ring (bicyclic) bond motifs is 12. The van der Waals surface area contributed by atoms with Crippen LogP contribution in [-0.2, 0) is 0 Å². The van der Waals surface area contributed by atoms with Crippen molar-refractivity contribution in [2.24, 2.45) is 0 Å². The van der Waals surface area contributed by atoms with Gasteiger partial charge in [-0.15, -0.1) is 0 Å². The Morgan fingerprint density at radius 3 is 1.95 bits per heavy atom. The van der Waals surface area contributed by atoms with Gasteiger partial charge in [0.1, 0.15) is 11.5 Å². The molecule has 4 heterocycles. The molecule has 0 N–H and O–H groups in total. The van der Waals surface area contributed by atoms with Crippen LogP contribution < -0.4 is 21.1 Å². The summed E-state index contributed by atoms with van der Waals surface area (Å²) in [5.74, 6) is 1.90. The summed E-state index contributed by atoms with van der Waals surface area (Å²) in [5.41, 5.74) is 11.0. The van der Waals surface area contributed by atoms with E-state index < -0.39 is 0 Å². The molecule has 0 unspecified atom stereocenters. The minimum atomic E-state index is 0.0853. The highest BCUT2D eigenvalue weighted by atomic mass is 16.5. The van der Waals surface area contributed by atoms with E-state index in [1.165, 1.54) is 60.2 Å². The fraction of sp³-hybridized carbons (Fsp3) is 0. The molecular formula is C36H21BN2O. The first-order valence-corrected chi connectivity index (χ1v) is 13.8. The molecule has 0 atom stereocenters. The number of para-hydroxylation sites is 4. The van der Waals surface area contributed by atoms with Crippen LogP contribution in [0.4, 0.5) is 0 Å². The maximum atomic E-state index is 7.03. The van der Waals surface area contributed by atoms with Gasteiger partial charge in [-0.05, 0) is 58.9 Å². The Balaban J connectivity index is 1.39. The van der Waals surface area contributed by atoms with Crippen molar-refractivity contribution in [3.63, 3.8) is 0 Å². The smallest absolute Gasteiger partial charge is 0.256 e. The third-order valence-corrected chi connectivity index (χ3v) is 8.97. The van der Waals surface area contributed by atoms with Crippen molar-refractivity contribution in [2.45, 2.75) is 0 Å². The van der Waals surface area contributed by atoms with E-state index in [9.17, 15) is 0 Å². The molecule has 0 bridgehead atoms. The zero-order chi connectivity index (χ0) is 25.9. The van der Waals surface area contributed by atoms with Crippen molar-refractivity contribution >= 4 is 66.7 Å². The van der Waals surface area contributed by atoms with Gasteiger partial charge in [-0.1, -0.05) is 84.9 Å². The Morgan fingerprint density at radius 1 is 0.475 bits per heavy atom. The Morgan fingerprint density at radius 2 is 1.12 bits per heavy atom. The van der Waals surface area contributed by atoms with Gasteiger partial charge in [0.25, 0.3) is 6.71 Å². The molecule has 6 aromatic carbocycles. The van der Waals surface area contributed by atoms with Crippen LogP contribution in [0, 0.1) is 0 Å². The van der Waals surface area contributed by atoms with Crippen LogP contribution in [0.1, 0.15) is 0 Å². The summed E-state index contributed by atoms with van der Waals surface area (Å²) in [7, 11) is 0. The molecule has 0 saturated carbocycles. The van der Waals surface area contributed by atoms with E-state index in [0.29, 0.717) is 0 Å². The van der Waals surface area contributed by atoms with Crippen LogP contribution in [0.5, 0.6) is 11.5 Å². The molecule has 0 saturated heterocycles. The molecule has 0 radical (unpaired) electrons. The molecule has 3 nitrogen and oxygen atoms in total. The number of aromatic nitrogens is 2. The van der Waals surface area contributed by atoms with Crippen LogP contribution >= 0.6 is 0 Å². The number of benzene rings is 6. The molecule has 10 rings (SSSR count). The van der Waals surface area contributed by atoms with E-state index in [-0.39, 0.29) is 6.71 Å². The van der Waals surface area contributed by atoms with Crippen LogP contribution in [0.15, 0.2) is 127 Å². The van der Waals surface area contributed by atoms with Crippen molar-refractivity contribution in [3.05, 3.63) is 127 Å². The van der Waals surface area contributed by atoms with Gasteiger partial charge in [-0.3, -0.25) is 0 Å². The summed E-state index contributed by atoms with van der Waals surface area (Å²) in [6.45, 7) is 0.0853. The number of hydrogen-bond acceptors (Lipinski definition) is 1. The van der Waals surface area contributed by atoms with E-state index in [0.717, 1.165) is 22.7 Å². The highest BCUT2D eigenvalue weighted by molar-refractivity contribution is 6.99. The Bertz CT molecular complexity index is 2360. The topological polar surface area (TPSA) is 19.1 Å². The third-order valence-electron chi connectivity index (χ3n) is 8.97. The number of nitrogens with zero attached hydrogens (tertiary/aromatic N) is 2. The number of ether oxygens (including phenoxy) is 1. The second-order valence-electron chi connectivity index (χ2n) is 10.9. The molecule has 2 aliphatic heterocycles. The Labute approximate surface area is 230 Å². The standard InChI is InChI=1S/C36H21BN2O/c1-2-10-22(11-3-1)38-29-15-7-4-13-24(29)26-18-20-28-36(35(26)38)40-32-21-19-25-23-12-5-8-16-30(23)39-31-17-9-6-14-27(31)37(28)33(32)34(25)39/h1-21H. The molecular weight excluding hydrogens is 487 g/mol. The monoisotopic (exact) mass is 508 g/mol. The van der Waals surface area contributed by atoms with Gasteiger partial charge >= 0.3 is 0 Å². The van der Waals surface area contributed by atoms with Crippen LogP contribution in [0.25, 0.3) is 55.0 Å². The summed E-state index contributed by atoms with van der Waals surface area (Å²) < 4.78 is 11.8. The lowest BCUT2D eigenvalue weighted by atomic mass is 9.34. The fourth-order valence-corrected chi connectivity index (χ4v) is 7.43. The summed E-state index contributed by atoms with van der Waals surface area (Å²) in [6, 6.07) is 46.0. The predicted molar refractivity (Wildman–Crippen MR) is 166 cm³/mol. The van der Waals surface area contributed by atoms with Crippen LogP contribution in [0.3, 0.4) is 0 Å². The second-order valence-corrected chi connectivity index (χ2v) is 10.9. The SMILES string of the molecule is c1ccc(-n2c3ccccc3c3ccc4c(c32)Oc2ccc3c5ccccc5n5c3c2B4c2ccccc2-5)cc1. The molecule has 0 fully saturated rings. The first-order chi connectivity index (χ1) is 19.9. The molecule has 184 valence electrons. The minimum Gasteiger partial charge on any atom is -0.456 e. The van der Waals surface area contributed by atoms with E-state index in [2.05, 4.69) is 137 Å². The molecule has 40 heavy (non-hydrogen) atoms. The summed E-state index contributed by atoms with van der Waals surface area (Å²) in [5, 5.41) is 5.00. The first kappa shape index (κ1) is 20.7. The summed E-state index contributed by atoms with van der Waals surface area (Å²) in [4.78, 5) is 0. The zero-order valence-corrected chi connectivity index (χ0v) is 21.5. The van der Waals surface area contributed by atoms with Gasteiger partial charge in [-0.25, -0.2) is 0 Å². The lowest BCUT2D eigenvalue weighted by Gasteiger charge is -2.33. The Kier molecular flexibility index (Phi) is 3.75. The van der Waals surface area contributed by atoms with Gasteiger partial charge in [0, 0.05) is 32.9 Å².